The van der Waals surface area contributed by atoms with Crippen LogP contribution >= 0.6 is 15.9 Å². The van der Waals surface area contributed by atoms with Crippen molar-refractivity contribution >= 4 is 21.9 Å². The standard InChI is InChI=1S/C8H9BrN2O2/c1-13-8(12)6-3-2-5(9)7(4-10)11-6/h2-3H,4,10H2,1H3. The van der Waals surface area contributed by atoms with Gasteiger partial charge in [-0.2, -0.15) is 0 Å². The second kappa shape index (κ2) is 4.34. The Hall–Kier alpha value is -0.940. The number of aromatic nitrogens is 1. The molecule has 0 spiro atoms. The maximum atomic E-state index is 11.1. The molecule has 0 radical (unpaired) electrons. The van der Waals surface area contributed by atoms with Crippen molar-refractivity contribution in [3.05, 3.63) is 28.0 Å². The minimum atomic E-state index is -0.456. The second-order valence-corrected chi connectivity index (χ2v) is 3.18. The molecule has 0 fully saturated rings. The first-order valence-corrected chi connectivity index (χ1v) is 4.42. The van der Waals surface area contributed by atoms with Crippen molar-refractivity contribution in [1.29, 1.82) is 0 Å². The van der Waals surface area contributed by atoms with Crippen molar-refractivity contribution in [2.45, 2.75) is 6.54 Å². The van der Waals surface area contributed by atoms with Crippen LogP contribution in [0.4, 0.5) is 0 Å². The number of esters is 1. The van der Waals surface area contributed by atoms with Crippen LogP contribution in [-0.2, 0) is 11.3 Å². The molecule has 0 aliphatic rings. The Bertz CT molecular complexity index is 328. The number of nitrogens with zero attached hydrogens (tertiary/aromatic N) is 1. The maximum absolute atomic E-state index is 11.1. The quantitative estimate of drug-likeness (QED) is 0.792. The van der Waals surface area contributed by atoms with Crippen molar-refractivity contribution in [2.24, 2.45) is 5.73 Å². The molecule has 1 heterocycles. The van der Waals surface area contributed by atoms with E-state index in [4.69, 9.17) is 5.73 Å². The summed E-state index contributed by atoms with van der Waals surface area (Å²) in [6.45, 7) is 0.283. The average molecular weight is 245 g/mol. The summed E-state index contributed by atoms with van der Waals surface area (Å²) in [5.41, 5.74) is 6.33. The van der Waals surface area contributed by atoms with E-state index < -0.39 is 5.97 Å². The highest BCUT2D eigenvalue weighted by Crippen LogP contribution is 2.14. The number of halogens is 1. The fourth-order valence-electron chi connectivity index (χ4n) is 0.846. The van der Waals surface area contributed by atoms with Gasteiger partial charge in [0.1, 0.15) is 5.69 Å². The summed E-state index contributed by atoms with van der Waals surface area (Å²) in [5, 5.41) is 0. The predicted molar refractivity (Wildman–Crippen MR) is 51.2 cm³/mol. The Balaban J connectivity index is 3.06. The van der Waals surface area contributed by atoms with E-state index >= 15 is 0 Å². The topological polar surface area (TPSA) is 65.2 Å². The lowest BCUT2D eigenvalue weighted by Gasteiger charge is -2.02. The van der Waals surface area contributed by atoms with Crippen LogP contribution < -0.4 is 5.73 Å². The summed E-state index contributed by atoms with van der Waals surface area (Å²) in [6.07, 6.45) is 0. The largest absolute Gasteiger partial charge is 0.464 e. The lowest BCUT2D eigenvalue weighted by Crippen LogP contribution is -2.08. The molecular formula is C8H9BrN2O2. The summed E-state index contributed by atoms with van der Waals surface area (Å²) in [4.78, 5) is 15.1. The molecule has 70 valence electrons. The maximum Gasteiger partial charge on any atom is 0.356 e. The molecular weight excluding hydrogens is 236 g/mol. The number of pyridine rings is 1. The van der Waals surface area contributed by atoms with Crippen molar-refractivity contribution in [2.75, 3.05) is 7.11 Å². The van der Waals surface area contributed by atoms with E-state index in [2.05, 4.69) is 25.7 Å². The zero-order valence-corrected chi connectivity index (χ0v) is 8.67. The van der Waals surface area contributed by atoms with E-state index in [0.29, 0.717) is 5.69 Å². The average Bonchev–Trinajstić information content (AvgIpc) is 2.17. The molecule has 0 aliphatic carbocycles. The molecule has 0 saturated carbocycles. The van der Waals surface area contributed by atoms with Crippen molar-refractivity contribution < 1.29 is 9.53 Å². The predicted octanol–water partition coefficient (Wildman–Crippen LogP) is 1.09. The molecule has 13 heavy (non-hydrogen) atoms. The van der Waals surface area contributed by atoms with Crippen molar-refractivity contribution in [3.8, 4) is 0 Å². The third kappa shape index (κ3) is 2.26. The van der Waals surface area contributed by atoms with Crippen molar-refractivity contribution in [3.63, 3.8) is 0 Å². The minimum absolute atomic E-state index is 0.270. The van der Waals surface area contributed by atoms with E-state index in [9.17, 15) is 4.79 Å². The van der Waals surface area contributed by atoms with Crippen LogP contribution in [0.3, 0.4) is 0 Å². The molecule has 0 bridgehead atoms. The zero-order valence-electron chi connectivity index (χ0n) is 7.08. The van der Waals surface area contributed by atoms with Gasteiger partial charge in [0, 0.05) is 11.0 Å². The number of ether oxygens (including phenoxy) is 1. The molecule has 0 aromatic carbocycles. The van der Waals surface area contributed by atoms with Crippen LogP contribution in [0, 0.1) is 0 Å². The molecule has 0 amide bonds. The SMILES string of the molecule is COC(=O)c1ccc(Br)c(CN)n1. The molecule has 1 aromatic heterocycles. The highest BCUT2D eigenvalue weighted by molar-refractivity contribution is 9.10. The van der Waals surface area contributed by atoms with Gasteiger partial charge >= 0.3 is 5.97 Å². The zero-order chi connectivity index (χ0) is 9.84. The highest BCUT2D eigenvalue weighted by Gasteiger charge is 2.09. The van der Waals surface area contributed by atoms with Crippen molar-refractivity contribution in [1.82, 2.24) is 4.98 Å². The van der Waals surface area contributed by atoms with Crippen LogP contribution in [0.15, 0.2) is 16.6 Å². The number of carbonyl (C=O) groups is 1. The first-order chi connectivity index (χ1) is 6.19. The fourth-order valence-corrected chi connectivity index (χ4v) is 1.23. The number of carbonyl (C=O) groups excluding carboxylic acids is 1. The Morgan fingerprint density at radius 3 is 2.92 bits per heavy atom. The first-order valence-electron chi connectivity index (χ1n) is 3.63. The summed E-state index contributed by atoms with van der Waals surface area (Å²) in [7, 11) is 1.31. The van der Waals surface area contributed by atoms with Gasteiger partial charge in [-0.3, -0.25) is 0 Å². The van der Waals surface area contributed by atoms with Gasteiger partial charge in [0.05, 0.1) is 12.8 Å². The third-order valence-electron chi connectivity index (χ3n) is 1.51. The van der Waals surface area contributed by atoms with E-state index in [-0.39, 0.29) is 12.2 Å². The summed E-state index contributed by atoms with van der Waals surface area (Å²) >= 11 is 3.27. The number of nitrogens with two attached hydrogens (primary N) is 1. The van der Waals surface area contributed by atoms with E-state index in [1.165, 1.54) is 7.11 Å². The normalized spacial score (nSPS) is 9.77. The Morgan fingerprint density at radius 1 is 1.69 bits per heavy atom. The lowest BCUT2D eigenvalue weighted by molar-refractivity contribution is 0.0593. The molecule has 0 atom stereocenters. The van der Waals surface area contributed by atoms with Crippen LogP contribution in [-0.4, -0.2) is 18.1 Å². The van der Waals surface area contributed by atoms with Gasteiger partial charge in [-0.25, -0.2) is 9.78 Å². The summed E-state index contributed by atoms with van der Waals surface area (Å²) in [6, 6.07) is 3.30. The first kappa shape index (κ1) is 10.1. The molecule has 1 rings (SSSR count). The summed E-state index contributed by atoms with van der Waals surface area (Å²) < 4.78 is 5.31. The van der Waals surface area contributed by atoms with E-state index in [1.807, 2.05) is 0 Å². The Kier molecular flexibility index (Phi) is 3.39. The number of hydrogen-bond donors (Lipinski definition) is 1. The van der Waals surface area contributed by atoms with Gasteiger partial charge in [-0.05, 0) is 28.1 Å². The molecule has 0 aliphatic heterocycles. The smallest absolute Gasteiger partial charge is 0.356 e. The number of methoxy groups -OCH3 is 1. The Morgan fingerprint density at radius 2 is 2.38 bits per heavy atom. The van der Waals surface area contributed by atoms with Gasteiger partial charge in [0.2, 0.25) is 0 Å². The molecule has 0 saturated heterocycles. The lowest BCUT2D eigenvalue weighted by atomic mass is 10.3. The van der Waals surface area contributed by atoms with Crippen LogP contribution in [0.25, 0.3) is 0 Å². The van der Waals surface area contributed by atoms with Crippen LogP contribution in [0.2, 0.25) is 0 Å². The fraction of sp³-hybridized carbons (Fsp3) is 0.250. The van der Waals surface area contributed by atoms with Gasteiger partial charge in [0.25, 0.3) is 0 Å². The van der Waals surface area contributed by atoms with Gasteiger partial charge < -0.3 is 10.5 Å². The number of hydrogen-bond acceptors (Lipinski definition) is 4. The van der Waals surface area contributed by atoms with E-state index in [0.717, 1.165) is 4.47 Å². The molecule has 5 heteroatoms. The molecule has 1 aromatic rings. The van der Waals surface area contributed by atoms with Gasteiger partial charge in [-0.15, -0.1) is 0 Å². The van der Waals surface area contributed by atoms with Crippen LogP contribution in [0.1, 0.15) is 16.2 Å². The van der Waals surface area contributed by atoms with Crippen LogP contribution in [0.5, 0.6) is 0 Å². The number of rotatable bonds is 2. The molecule has 0 unspecified atom stereocenters. The highest BCUT2D eigenvalue weighted by atomic mass is 79.9. The third-order valence-corrected chi connectivity index (χ3v) is 2.23. The summed E-state index contributed by atoms with van der Waals surface area (Å²) in [5.74, 6) is -0.456. The second-order valence-electron chi connectivity index (χ2n) is 2.32. The van der Waals surface area contributed by atoms with E-state index in [1.54, 1.807) is 12.1 Å². The van der Waals surface area contributed by atoms with Gasteiger partial charge in [-0.1, -0.05) is 0 Å². The molecule has 4 nitrogen and oxygen atoms in total. The minimum Gasteiger partial charge on any atom is -0.464 e. The monoisotopic (exact) mass is 244 g/mol. The van der Waals surface area contributed by atoms with Gasteiger partial charge in [0.15, 0.2) is 0 Å². The Labute approximate surface area is 84.2 Å². The molecule has 2 N–H and O–H groups in total.